The summed E-state index contributed by atoms with van der Waals surface area (Å²) in [6, 6.07) is 2.14. The summed E-state index contributed by atoms with van der Waals surface area (Å²) < 4.78 is 0.819. The summed E-state index contributed by atoms with van der Waals surface area (Å²) in [6.45, 7) is 5.40. The molecule has 0 unspecified atom stereocenters. The number of rotatable bonds is 4. The number of pyridine rings is 1. The number of piperidine rings is 1. The van der Waals surface area contributed by atoms with Crippen molar-refractivity contribution in [1.82, 2.24) is 14.8 Å². The molecule has 1 N–H and O–H groups in total. The lowest BCUT2D eigenvalue weighted by Gasteiger charge is -2.36. The van der Waals surface area contributed by atoms with Gasteiger partial charge < -0.3 is 15.1 Å². The molecule has 21 heavy (non-hydrogen) atoms. The molecule has 116 valence electrons. The molecule has 1 saturated heterocycles. The van der Waals surface area contributed by atoms with Gasteiger partial charge in [-0.2, -0.15) is 0 Å². The Bertz CT molecular complexity index is 500. The van der Waals surface area contributed by atoms with Crippen LogP contribution in [0.5, 0.6) is 0 Å². The van der Waals surface area contributed by atoms with Crippen LogP contribution in [0.3, 0.4) is 0 Å². The van der Waals surface area contributed by atoms with E-state index in [2.05, 4.69) is 38.1 Å². The zero-order valence-corrected chi connectivity index (χ0v) is 14.5. The van der Waals surface area contributed by atoms with E-state index in [9.17, 15) is 4.79 Å². The Morgan fingerprint density at radius 3 is 2.76 bits per heavy atom. The highest BCUT2D eigenvalue weighted by Gasteiger charge is 2.26. The number of likely N-dealkylation sites (tertiary alicyclic amines) is 1. The summed E-state index contributed by atoms with van der Waals surface area (Å²) in [6.07, 6.45) is 3.77. The molecule has 0 bridgehead atoms. The van der Waals surface area contributed by atoms with Gasteiger partial charge in [0.1, 0.15) is 5.82 Å². The third-order valence-electron chi connectivity index (χ3n) is 4.19. The minimum absolute atomic E-state index is 0.0306. The molecule has 2 heterocycles. The fourth-order valence-electron chi connectivity index (χ4n) is 2.78. The maximum Gasteiger partial charge on any atom is 0.257 e. The fraction of sp³-hybridized carbons (Fsp3) is 0.600. The number of nitrogens with zero attached hydrogens (tertiary/aromatic N) is 3. The third kappa shape index (κ3) is 3.74. The third-order valence-corrected chi connectivity index (χ3v) is 4.63. The minimum Gasteiger partial charge on any atom is -0.372 e. The summed E-state index contributed by atoms with van der Waals surface area (Å²) in [5, 5.41) is 2.99. The molecule has 0 aromatic carbocycles. The van der Waals surface area contributed by atoms with Gasteiger partial charge in [-0.1, -0.05) is 6.92 Å². The van der Waals surface area contributed by atoms with Gasteiger partial charge in [-0.3, -0.25) is 4.79 Å². The van der Waals surface area contributed by atoms with Crippen LogP contribution in [0.2, 0.25) is 0 Å². The van der Waals surface area contributed by atoms with Crippen LogP contribution < -0.4 is 5.32 Å². The summed E-state index contributed by atoms with van der Waals surface area (Å²) in [7, 11) is 3.68. The van der Waals surface area contributed by atoms with E-state index in [-0.39, 0.29) is 5.91 Å². The Kier molecular flexibility index (Phi) is 5.58. The van der Waals surface area contributed by atoms with E-state index in [0.29, 0.717) is 17.4 Å². The summed E-state index contributed by atoms with van der Waals surface area (Å²) in [4.78, 5) is 21.3. The molecule has 5 nitrogen and oxygen atoms in total. The average molecular weight is 355 g/mol. The Labute approximate surface area is 134 Å². The molecule has 1 aliphatic heterocycles. The molecule has 1 amide bonds. The quantitative estimate of drug-likeness (QED) is 0.901. The molecule has 1 aromatic heterocycles. The predicted molar refractivity (Wildman–Crippen MR) is 88.7 cm³/mol. The van der Waals surface area contributed by atoms with Gasteiger partial charge in [0.2, 0.25) is 0 Å². The maximum atomic E-state index is 12.7. The molecule has 6 heteroatoms. The second-order valence-electron chi connectivity index (χ2n) is 5.38. The number of aromatic nitrogens is 1. The SMILES string of the molecule is CCN1CCC(N(C)C(=O)c2cc(Br)cnc2NC)CC1. The van der Waals surface area contributed by atoms with Crippen LogP contribution in [0.1, 0.15) is 30.1 Å². The van der Waals surface area contributed by atoms with Crippen molar-refractivity contribution >= 4 is 27.7 Å². The molecule has 1 aromatic rings. The first-order valence-corrected chi connectivity index (χ1v) is 8.19. The highest BCUT2D eigenvalue weighted by atomic mass is 79.9. The zero-order chi connectivity index (χ0) is 15.4. The minimum atomic E-state index is 0.0306. The Morgan fingerprint density at radius 2 is 2.19 bits per heavy atom. The number of amides is 1. The van der Waals surface area contributed by atoms with Crippen LogP contribution in [0, 0.1) is 0 Å². The van der Waals surface area contributed by atoms with Crippen molar-refractivity contribution in [3.8, 4) is 0 Å². The number of hydrogen-bond donors (Lipinski definition) is 1. The van der Waals surface area contributed by atoms with Crippen LogP contribution in [-0.2, 0) is 0 Å². The lowest BCUT2D eigenvalue weighted by atomic mass is 10.0. The van der Waals surface area contributed by atoms with Gasteiger partial charge in [0, 0.05) is 43.9 Å². The number of halogens is 1. The first-order chi connectivity index (χ1) is 10.1. The van der Waals surface area contributed by atoms with Crippen molar-refractivity contribution in [2.45, 2.75) is 25.8 Å². The second kappa shape index (κ2) is 7.22. The molecule has 0 radical (unpaired) electrons. The van der Waals surface area contributed by atoms with E-state index in [1.165, 1.54) is 0 Å². The average Bonchev–Trinajstić information content (AvgIpc) is 2.53. The normalized spacial score (nSPS) is 16.8. The molecular formula is C15H23BrN4O. The zero-order valence-electron chi connectivity index (χ0n) is 12.9. The van der Waals surface area contributed by atoms with Gasteiger partial charge in [-0.15, -0.1) is 0 Å². The van der Waals surface area contributed by atoms with E-state index in [4.69, 9.17) is 0 Å². The lowest BCUT2D eigenvalue weighted by Crippen LogP contribution is -2.45. The molecule has 0 spiro atoms. The lowest BCUT2D eigenvalue weighted by molar-refractivity contribution is 0.0647. The van der Waals surface area contributed by atoms with Crippen LogP contribution in [0.25, 0.3) is 0 Å². The van der Waals surface area contributed by atoms with Crippen LogP contribution in [0.4, 0.5) is 5.82 Å². The van der Waals surface area contributed by atoms with Gasteiger partial charge >= 0.3 is 0 Å². The highest BCUT2D eigenvalue weighted by Crippen LogP contribution is 2.22. The fourth-order valence-corrected chi connectivity index (χ4v) is 3.11. The van der Waals surface area contributed by atoms with E-state index < -0.39 is 0 Å². The van der Waals surface area contributed by atoms with E-state index in [1.54, 1.807) is 13.2 Å². The van der Waals surface area contributed by atoms with Crippen LogP contribution in [-0.4, -0.2) is 60.5 Å². The molecule has 0 atom stereocenters. The molecular weight excluding hydrogens is 332 g/mol. The predicted octanol–water partition coefficient (Wildman–Crippen LogP) is 2.44. The molecule has 1 fully saturated rings. The van der Waals surface area contributed by atoms with E-state index >= 15 is 0 Å². The first kappa shape index (κ1) is 16.2. The van der Waals surface area contributed by atoms with E-state index in [1.807, 2.05) is 18.0 Å². The Hall–Kier alpha value is -1.14. The molecule has 2 rings (SSSR count). The number of carbonyl (C=O) groups is 1. The number of anilines is 1. The highest BCUT2D eigenvalue weighted by molar-refractivity contribution is 9.10. The standard InChI is InChI=1S/C15H23BrN4O/c1-4-20-7-5-12(6-8-20)19(3)15(21)13-9-11(16)10-18-14(13)17-2/h9-10,12H,4-8H2,1-3H3,(H,17,18). The van der Waals surface area contributed by atoms with Gasteiger partial charge in [-0.05, 0) is 41.4 Å². The van der Waals surface area contributed by atoms with Crippen molar-refractivity contribution in [1.29, 1.82) is 0 Å². The summed E-state index contributed by atoms with van der Waals surface area (Å²) in [5.41, 5.74) is 0.618. The second-order valence-corrected chi connectivity index (χ2v) is 6.30. The van der Waals surface area contributed by atoms with Gasteiger partial charge in [0.25, 0.3) is 5.91 Å². The van der Waals surface area contributed by atoms with Gasteiger partial charge in [0.05, 0.1) is 5.56 Å². The van der Waals surface area contributed by atoms with Crippen molar-refractivity contribution < 1.29 is 4.79 Å². The van der Waals surface area contributed by atoms with Crippen molar-refractivity contribution in [2.24, 2.45) is 0 Å². The monoisotopic (exact) mass is 354 g/mol. The Morgan fingerprint density at radius 1 is 1.52 bits per heavy atom. The molecule has 0 aliphatic carbocycles. The number of hydrogen-bond acceptors (Lipinski definition) is 4. The van der Waals surface area contributed by atoms with E-state index in [0.717, 1.165) is 36.9 Å². The van der Waals surface area contributed by atoms with Crippen molar-refractivity contribution in [3.05, 3.63) is 22.3 Å². The summed E-state index contributed by atoms with van der Waals surface area (Å²) in [5.74, 6) is 0.657. The van der Waals surface area contributed by atoms with Gasteiger partial charge in [0.15, 0.2) is 0 Å². The van der Waals surface area contributed by atoms with Crippen molar-refractivity contribution in [2.75, 3.05) is 39.0 Å². The van der Waals surface area contributed by atoms with Crippen LogP contribution >= 0.6 is 15.9 Å². The smallest absolute Gasteiger partial charge is 0.257 e. The topological polar surface area (TPSA) is 48.5 Å². The summed E-state index contributed by atoms with van der Waals surface area (Å²) >= 11 is 3.39. The Balaban J connectivity index is 2.11. The maximum absolute atomic E-state index is 12.7. The molecule has 1 aliphatic rings. The van der Waals surface area contributed by atoms with Gasteiger partial charge in [-0.25, -0.2) is 4.98 Å². The number of nitrogens with one attached hydrogen (secondary N) is 1. The number of carbonyl (C=O) groups excluding carboxylic acids is 1. The van der Waals surface area contributed by atoms with Crippen molar-refractivity contribution in [3.63, 3.8) is 0 Å². The van der Waals surface area contributed by atoms with Crippen LogP contribution in [0.15, 0.2) is 16.7 Å². The first-order valence-electron chi connectivity index (χ1n) is 7.39. The largest absolute Gasteiger partial charge is 0.372 e. The molecule has 0 saturated carbocycles.